The predicted molar refractivity (Wildman–Crippen MR) is 48.8 cm³/mol. The van der Waals surface area contributed by atoms with Crippen LogP contribution in [-0.2, 0) is 4.79 Å². The van der Waals surface area contributed by atoms with Crippen LogP contribution >= 0.6 is 0 Å². The second kappa shape index (κ2) is 2.58. The zero-order chi connectivity index (χ0) is 7.42. The van der Waals surface area contributed by atoms with Gasteiger partial charge in [-0.05, 0) is 37.0 Å². The Morgan fingerprint density at radius 3 is 2.75 bits per heavy atom. The molecule has 3 aliphatic rings. The second-order valence-electron chi connectivity index (χ2n) is 4.53. The smallest absolute Gasteiger partial charge is 0.136 e. The first-order valence-corrected chi connectivity index (χ1v) is 4.89. The van der Waals surface area contributed by atoms with Gasteiger partial charge in [0.15, 0.2) is 0 Å². The van der Waals surface area contributed by atoms with Crippen molar-refractivity contribution in [1.29, 1.82) is 0 Å². The van der Waals surface area contributed by atoms with Crippen molar-refractivity contribution < 1.29 is 4.79 Å². The van der Waals surface area contributed by atoms with Gasteiger partial charge in [0.2, 0.25) is 0 Å². The highest BCUT2D eigenvalue weighted by molar-refractivity contribution is 5.85. The van der Waals surface area contributed by atoms with E-state index in [4.69, 9.17) is 0 Å². The summed E-state index contributed by atoms with van der Waals surface area (Å²) < 4.78 is 0. The molecule has 0 N–H and O–H groups in total. The van der Waals surface area contributed by atoms with Crippen LogP contribution in [-0.4, -0.2) is 5.78 Å². The molecule has 1 heteroatoms. The lowest BCUT2D eigenvalue weighted by atomic mass is 9.81. The molecule has 4 unspecified atom stereocenters. The quantitative estimate of drug-likeness (QED) is 0.540. The van der Waals surface area contributed by atoms with E-state index in [0.29, 0.717) is 11.7 Å². The Labute approximate surface area is 74.5 Å². The van der Waals surface area contributed by atoms with E-state index in [9.17, 15) is 4.79 Å². The molecule has 1 nitrogen and oxygen atoms in total. The molecule has 0 saturated heterocycles. The standard InChI is InChI=1S/C10H14O.CH4/c11-10-5-6-4-9(10)8-3-1-2-7(6)8;/h6-9H,1-5H2;1H4. The maximum Gasteiger partial charge on any atom is 0.136 e. The molecule has 3 saturated carbocycles. The molecular formula is C11H18O. The van der Waals surface area contributed by atoms with Crippen LogP contribution in [0.3, 0.4) is 0 Å². The Hall–Kier alpha value is -0.330. The van der Waals surface area contributed by atoms with Gasteiger partial charge in [-0.3, -0.25) is 4.79 Å². The van der Waals surface area contributed by atoms with Gasteiger partial charge in [-0.25, -0.2) is 0 Å². The number of rotatable bonds is 0. The van der Waals surface area contributed by atoms with Gasteiger partial charge in [-0.2, -0.15) is 0 Å². The Bertz CT molecular complexity index is 209. The van der Waals surface area contributed by atoms with Crippen molar-refractivity contribution in [3.05, 3.63) is 0 Å². The third kappa shape index (κ3) is 0.826. The zero-order valence-corrected chi connectivity index (χ0v) is 6.75. The van der Waals surface area contributed by atoms with Crippen molar-refractivity contribution in [3.63, 3.8) is 0 Å². The van der Waals surface area contributed by atoms with Gasteiger partial charge >= 0.3 is 0 Å². The predicted octanol–water partition coefficient (Wildman–Crippen LogP) is 2.65. The summed E-state index contributed by atoms with van der Waals surface area (Å²) >= 11 is 0. The van der Waals surface area contributed by atoms with E-state index in [0.717, 1.165) is 24.2 Å². The topological polar surface area (TPSA) is 17.1 Å². The third-order valence-corrected chi connectivity index (χ3v) is 4.18. The molecule has 12 heavy (non-hydrogen) atoms. The molecule has 0 aromatic carbocycles. The maximum absolute atomic E-state index is 11.4. The molecule has 3 rings (SSSR count). The number of Topliss-reactive ketones (excluding diaryl/α,β-unsaturated/α-hetero) is 1. The van der Waals surface area contributed by atoms with E-state index in [1.54, 1.807) is 0 Å². The van der Waals surface area contributed by atoms with Gasteiger partial charge in [-0.1, -0.05) is 13.8 Å². The minimum Gasteiger partial charge on any atom is -0.299 e. The van der Waals surface area contributed by atoms with Crippen LogP contribution in [0.15, 0.2) is 0 Å². The van der Waals surface area contributed by atoms with Crippen LogP contribution in [0.5, 0.6) is 0 Å². The van der Waals surface area contributed by atoms with Gasteiger partial charge in [0, 0.05) is 12.3 Å². The van der Waals surface area contributed by atoms with E-state index < -0.39 is 0 Å². The van der Waals surface area contributed by atoms with E-state index in [2.05, 4.69) is 0 Å². The lowest BCUT2D eigenvalue weighted by Crippen LogP contribution is -2.23. The zero-order valence-electron chi connectivity index (χ0n) is 6.75. The highest BCUT2D eigenvalue weighted by atomic mass is 16.1. The first-order valence-electron chi connectivity index (χ1n) is 4.89. The Morgan fingerprint density at radius 1 is 1.17 bits per heavy atom. The summed E-state index contributed by atoms with van der Waals surface area (Å²) in [4.78, 5) is 11.4. The number of ketones is 1. The number of carbonyl (C=O) groups excluding carboxylic acids is 1. The van der Waals surface area contributed by atoms with Crippen LogP contribution in [0, 0.1) is 23.7 Å². The largest absolute Gasteiger partial charge is 0.299 e. The Morgan fingerprint density at radius 2 is 1.92 bits per heavy atom. The second-order valence-corrected chi connectivity index (χ2v) is 4.53. The fraction of sp³-hybridized carbons (Fsp3) is 0.909. The van der Waals surface area contributed by atoms with Crippen molar-refractivity contribution in [3.8, 4) is 0 Å². The van der Waals surface area contributed by atoms with Crippen molar-refractivity contribution in [1.82, 2.24) is 0 Å². The molecule has 0 aliphatic heterocycles. The fourth-order valence-corrected chi connectivity index (χ4v) is 3.79. The number of hydrogen-bond acceptors (Lipinski definition) is 1. The molecule has 0 aromatic rings. The summed E-state index contributed by atoms with van der Waals surface area (Å²) in [6.07, 6.45) is 6.38. The third-order valence-electron chi connectivity index (χ3n) is 4.18. The molecular weight excluding hydrogens is 148 g/mol. The molecule has 0 amide bonds. The van der Waals surface area contributed by atoms with Gasteiger partial charge in [0.05, 0.1) is 0 Å². The molecule has 0 aromatic heterocycles. The molecule has 2 bridgehead atoms. The van der Waals surface area contributed by atoms with Gasteiger partial charge in [-0.15, -0.1) is 0 Å². The minimum atomic E-state index is 0. The summed E-state index contributed by atoms with van der Waals surface area (Å²) in [6, 6.07) is 0. The first-order chi connectivity index (χ1) is 5.36. The van der Waals surface area contributed by atoms with Crippen LogP contribution < -0.4 is 0 Å². The fourth-order valence-electron chi connectivity index (χ4n) is 3.79. The number of hydrogen-bond donors (Lipinski definition) is 0. The molecule has 4 atom stereocenters. The lowest BCUT2D eigenvalue weighted by Gasteiger charge is -2.22. The highest BCUT2D eigenvalue weighted by Crippen LogP contribution is 2.57. The lowest BCUT2D eigenvalue weighted by molar-refractivity contribution is -0.123. The minimum absolute atomic E-state index is 0. The molecule has 0 radical (unpaired) electrons. The van der Waals surface area contributed by atoms with Gasteiger partial charge in [0.25, 0.3) is 0 Å². The van der Waals surface area contributed by atoms with E-state index in [1.807, 2.05) is 0 Å². The summed E-state index contributed by atoms with van der Waals surface area (Å²) in [5, 5.41) is 0. The van der Waals surface area contributed by atoms with Gasteiger partial charge < -0.3 is 0 Å². The average molecular weight is 166 g/mol. The van der Waals surface area contributed by atoms with E-state index in [1.165, 1.54) is 25.7 Å². The van der Waals surface area contributed by atoms with Gasteiger partial charge in [0.1, 0.15) is 5.78 Å². The van der Waals surface area contributed by atoms with Crippen molar-refractivity contribution in [2.45, 2.75) is 39.5 Å². The molecule has 0 heterocycles. The SMILES string of the molecule is C.O=C1CC2CC1C1CCCC21. The molecule has 3 aliphatic carbocycles. The van der Waals surface area contributed by atoms with Crippen LogP contribution in [0.4, 0.5) is 0 Å². The van der Waals surface area contributed by atoms with Crippen molar-refractivity contribution in [2.24, 2.45) is 23.7 Å². The number of carbonyl (C=O) groups is 1. The summed E-state index contributed by atoms with van der Waals surface area (Å²) in [5.41, 5.74) is 0. The first kappa shape index (κ1) is 8.28. The normalized spacial score (nSPS) is 49.2. The number of fused-ring (bicyclic) bond motifs is 5. The monoisotopic (exact) mass is 166 g/mol. The van der Waals surface area contributed by atoms with E-state index >= 15 is 0 Å². The Kier molecular flexibility index (Phi) is 1.78. The Balaban J connectivity index is 0.000000563. The van der Waals surface area contributed by atoms with Crippen molar-refractivity contribution in [2.75, 3.05) is 0 Å². The highest BCUT2D eigenvalue weighted by Gasteiger charge is 2.53. The van der Waals surface area contributed by atoms with Crippen LogP contribution in [0.1, 0.15) is 39.5 Å². The van der Waals surface area contributed by atoms with Crippen molar-refractivity contribution >= 4 is 5.78 Å². The molecule has 3 fully saturated rings. The summed E-state index contributed by atoms with van der Waals surface area (Å²) in [5.74, 6) is 3.74. The van der Waals surface area contributed by atoms with Crippen LogP contribution in [0.2, 0.25) is 0 Å². The summed E-state index contributed by atoms with van der Waals surface area (Å²) in [6.45, 7) is 0. The molecule has 68 valence electrons. The summed E-state index contributed by atoms with van der Waals surface area (Å²) in [7, 11) is 0. The molecule has 0 spiro atoms. The van der Waals surface area contributed by atoms with Crippen LogP contribution in [0.25, 0.3) is 0 Å². The average Bonchev–Trinajstić information content (AvgIpc) is 2.52. The maximum atomic E-state index is 11.4. The van der Waals surface area contributed by atoms with E-state index in [-0.39, 0.29) is 7.43 Å².